The highest BCUT2D eigenvalue weighted by atomic mass is 15.3. The number of nitrogens with two attached hydrogens (primary N) is 1. The number of nitrogens with zero attached hydrogens (tertiary/aromatic N) is 4. The maximum Gasteiger partial charge on any atom is 0.164 e. The van der Waals surface area contributed by atoms with Crippen LogP contribution in [0.1, 0.15) is 43.1 Å². The van der Waals surface area contributed by atoms with E-state index >= 15 is 0 Å². The zero-order valence-electron chi connectivity index (χ0n) is 13.6. The Morgan fingerprint density at radius 2 is 1.74 bits per heavy atom. The second-order valence-electron chi connectivity index (χ2n) is 6.45. The van der Waals surface area contributed by atoms with E-state index in [0.29, 0.717) is 17.7 Å². The molecule has 0 bridgehead atoms. The highest BCUT2D eigenvalue weighted by Crippen LogP contribution is 2.36. The Balaban J connectivity index is 1.98. The number of aromatic nitrogens is 4. The van der Waals surface area contributed by atoms with Crippen molar-refractivity contribution in [2.45, 2.75) is 45.6 Å². The van der Waals surface area contributed by atoms with Gasteiger partial charge in [0, 0.05) is 5.56 Å². The number of aryl methyl sites for hydroxylation is 2. The first kappa shape index (κ1) is 14.2. The van der Waals surface area contributed by atoms with Crippen molar-refractivity contribution in [2.24, 2.45) is 0 Å². The number of benzene rings is 1. The van der Waals surface area contributed by atoms with Gasteiger partial charge >= 0.3 is 0 Å². The van der Waals surface area contributed by atoms with Crippen LogP contribution in [0.4, 0.5) is 5.82 Å². The van der Waals surface area contributed by atoms with Crippen LogP contribution in [0.2, 0.25) is 0 Å². The summed E-state index contributed by atoms with van der Waals surface area (Å²) in [7, 11) is 0. The largest absolute Gasteiger partial charge is 0.383 e. The third kappa shape index (κ3) is 2.36. The van der Waals surface area contributed by atoms with Gasteiger partial charge in [-0.05, 0) is 26.7 Å². The Morgan fingerprint density at radius 1 is 1.04 bits per heavy atom. The Kier molecular flexibility index (Phi) is 3.29. The number of nitrogen functional groups attached to an aromatic ring is 1. The predicted molar refractivity (Wildman–Crippen MR) is 92.2 cm³/mol. The van der Waals surface area contributed by atoms with E-state index in [4.69, 9.17) is 10.8 Å². The van der Waals surface area contributed by atoms with Crippen LogP contribution in [0.3, 0.4) is 0 Å². The third-order valence-corrected chi connectivity index (χ3v) is 4.69. The van der Waals surface area contributed by atoms with Crippen molar-refractivity contribution in [3.05, 3.63) is 35.7 Å². The lowest BCUT2D eigenvalue weighted by Crippen LogP contribution is -2.08. The molecule has 0 spiro atoms. The fraction of sp³-hybridized carbons (Fsp3) is 0.389. The summed E-state index contributed by atoms with van der Waals surface area (Å²) in [5, 5.41) is 5.79. The highest BCUT2D eigenvalue weighted by molar-refractivity contribution is 5.98. The summed E-state index contributed by atoms with van der Waals surface area (Å²) in [5.74, 6) is 1.22. The van der Waals surface area contributed by atoms with Gasteiger partial charge in [-0.1, -0.05) is 42.7 Å². The van der Waals surface area contributed by atoms with Gasteiger partial charge in [0.2, 0.25) is 0 Å². The van der Waals surface area contributed by atoms with Gasteiger partial charge in [-0.15, -0.1) is 0 Å². The van der Waals surface area contributed by atoms with Crippen molar-refractivity contribution in [1.82, 2.24) is 19.7 Å². The molecule has 0 radical (unpaired) electrons. The normalized spacial score (nSPS) is 15.6. The number of fused-ring (bicyclic) bond motifs is 1. The molecule has 1 aromatic carbocycles. The maximum atomic E-state index is 6.23. The van der Waals surface area contributed by atoms with Crippen LogP contribution in [-0.2, 0) is 0 Å². The maximum absolute atomic E-state index is 6.23. The molecule has 0 unspecified atom stereocenters. The van der Waals surface area contributed by atoms with Gasteiger partial charge < -0.3 is 5.73 Å². The standard InChI is InChI=1S/C18H21N5/c1-11-7-9-13(10-8-11)16-15-17(19)20-12(2)21-18(15)23(22-16)14-5-3-4-6-14/h7-10,14H,3-6H2,1-2H3,(H2,19,20,21). The molecule has 118 valence electrons. The molecule has 2 aromatic heterocycles. The molecular weight excluding hydrogens is 286 g/mol. The summed E-state index contributed by atoms with van der Waals surface area (Å²) in [6, 6.07) is 8.80. The molecule has 0 amide bonds. The minimum absolute atomic E-state index is 0.422. The highest BCUT2D eigenvalue weighted by Gasteiger charge is 2.24. The van der Waals surface area contributed by atoms with E-state index in [1.165, 1.54) is 18.4 Å². The van der Waals surface area contributed by atoms with Crippen LogP contribution in [-0.4, -0.2) is 19.7 Å². The molecule has 0 saturated heterocycles. The summed E-state index contributed by atoms with van der Waals surface area (Å²) in [6.07, 6.45) is 4.83. The Hall–Kier alpha value is -2.43. The van der Waals surface area contributed by atoms with Crippen LogP contribution >= 0.6 is 0 Å². The molecule has 2 N–H and O–H groups in total. The van der Waals surface area contributed by atoms with E-state index in [1.54, 1.807) is 0 Å². The summed E-state index contributed by atoms with van der Waals surface area (Å²) >= 11 is 0. The van der Waals surface area contributed by atoms with Crippen LogP contribution in [0, 0.1) is 13.8 Å². The molecule has 2 heterocycles. The first-order valence-corrected chi connectivity index (χ1v) is 8.23. The van der Waals surface area contributed by atoms with Crippen LogP contribution in [0.15, 0.2) is 24.3 Å². The van der Waals surface area contributed by atoms with Crippen LogP contribution < -0.4 is 5.73 Å². The molecular formula is C18H21N5. The van der Waals surface area contributed by atoms with E-state index in [1.807, 2.05) is 6.92 Å². The monoisotopic (exact) mass is 307 g/mol. The van der Waals surface area contributed by atoms with Crippen molar-refractivity contribution in [3.8, 4) is 11.3 Å². The van der Waals surface area contributed by atoms with Gasteiger partial charge in [0.1, 0.15) is 17.3 Å². The zero-order chi connectivity index (χ0) is 16.0. The summed E-state index contributed by atoms with van der Waals surface area (Å²) in [6.45, 7) is 3.97. The van der Waals surface area contributed by atoms with Crippen LogP contribution in [0.25, 0.3) is 22.3 Å². The van der Waals surface area contributed by atoms with Crippen LogP contribution in [0.5, 0.6) is 0 Å². The lowest BCUT2D eigenvalue weighted by Gasteiger charge is -2.10. The smallest absolute Gasteiger partial charge is 0.164 e. The van der Waals surface area contributed by atoms with Gasteiger partial charge in [0.05, 0.1) is 11.4 Å². The van der Waals surface area contributed by atoms with E-state index in [9.17, 15) is 0 Å². The fourth-order valence-corrected chi connectivity index (χ4v) is 3.49. The number of hydrogen-bond donors (Lipinski definition) is 1. The molecule has 5 heteroatoms. The lowest BCUT2D eigenvalue weighted by molar-refractivity contribution is 0.479. The van der Waals surface area contributed by atoms with Gasteiger partial charge in [0.15, 0.2) is 5.65 Å². The molecule has 23 heavy (non-hydrogen) atoms. The van der Waals surface area contributed by atoms with E-state index < -0.39 is 0 Å². The first-order chi connectivity index (χ1) is 11.1. The SMILES string of the molecule is Cc1ccc(-c2nn(C3CCCC3)c3nc(C)nc(N)c23)cc1. The number of anilines is 1. The van der Waals surface area contributed by atoms with E-state index in [2.05, 4.69) is 45.8 Å². The molecule has 1 fully saturated rings. The molecule has 1 saturated carbocycles. The Morgan fingerprint density at radius 3 is 2.43 bits per heavy atom. The van der Waals surface area contributed by atoms with E-state index in [0.717, 1.165) is 35.1 Å². The lowest BCUT2D eigenvalue weighted by atomic mass is 10.1. The summed E-state index contributed by atoms with van der Waals surface area (Å²) in [5.41, 5.74) is 10.3. The molecule has 0 aliphatic heterocycles. The number of hydrogen-bond acceptors (Lipinski definition) is 4. The molecule has 0 atom stereocenters. The van der Waals surface area contributed by atoms with Crippen molar-refractivity contribution in [3.63, 3.8) is 0 Å². The average Bonchev–Trinajstić information content (AvgIpc) is 3.15. The third-order valence-electron chi connectivity index (χ3n) is 4.69. The van der Waals surface area contributed by atoms with Gasteiger partial charge in [-0.3, -0.25) is 0 Å². The minimum Gasteiger partial charge on any atom is -0.383 e. The van der Waals surface area contributed by atoms with Gasteiger partial charge in [-0.2, -0.15) is 5.10 Å². The topological polar surface area (TPSA) is 69.6 Å². The second kappa shape index (κ2) is 5.33. The summed E-state index contributed by atoms with van der Waals surface area (Å²) < 4.78 is 2.09. The first-order valence-electron chi connectivity index (χ1n) is 8.23. The van der Waals surface area contributed by atoms with Crippen molar-refractivity contribution in [2.75, 3.05) is 5.73 Å². The zero-order valence-corrected chi connectivity index (χ0v) is 13.6. The predicted octanol–water partition coefficient (Wildman–Crippen LogP) is 3.81. The number of rotatable bonds is 2. The Labute approximate surface area is 135 Å². The minimum atomic E-state index is 0.422. The van der Waals surface area contributed by atoms with Gasteiger partial charge in [0.25, 0.3) is 0 Å². The Bertz CT molecular complexity index is 857. The van der Waals surface area contributed by atoms with Crippen molar-refractivity contribution in [1.29, 1.82) is 0 Å². The molecule has 3 aromatic rings. The molecule has 1 aliphatic rings. The molecule has 5 nitrogen and oxygen atoms in total. The van der Waals surface area contributed by atoms with E-state index in [-0.39, 0.29) is 0 Å². The average molecular weight is 307 g/mol. The summed E-state index contributed by atoms with van der Waals surface area (Å²) in [4.78, 5) is 9.01. The fourth-order valence-electron chi connectivity index (χ4n) is 3.49. The molecule has 1 aliphatic carbocycles. The van der Waals surface area contributed by atoms with Gasteiger partial charge in [-0.25, -0.2) is 14.6 Å². The van der Waals surface area contributed by atoms with Crippen molar-refractivity contribution < 1.29 is 0 Å². The quantitative estimate of drug-likeness (QED) is 0.781. The molecule has 4 rings (SSSR count). The van der Waals surface area contributed by atoms with Crippen molar-refractivity contribution >= 4 is 16.9 Å². The second-order valence-corrected chi connectivity index (χ2v) is 6.45.